The van der Waals surface area contributed by atoms with Crippen LogP contribution in [0.25, 0.3) is 0 Å². The lowest BCUT2D eigenvalue weighted by molar-refractivity contribution is 0.0819. The lowest BCUT2D eigenvalue weighted by Gasteiger charge is -2.34. The van der Waals surface area contributed by atoms with Crippen LogP contribution in [0.5, 0.6) is 0 Å². The standard InChI is InChI=1S/C16H25BrN2O2/c1-20-10-7-18-12-13-11-14(17)3-4-16(13)19-8-5-15(21-2)6-9-19/h3-4,11,15,18H,5-10,12H2,1-2H3. The van der Waals surface area contributed by atoms with Crippen LogP contribution in [0, 0.1) is 0 Å². The minimum Gasteiger partial charge on any atom is -0.383 e. The summed E-state index contributed by atoms with van der Waals surface area (Å²) in [5.41, 5.74) is 2.66. The molecule has 1 heterocycles. The van der Waals surface area contributed by atoms with Crippen molar-refractivity contribution in [2.24, 2.45) is 0 Å². The Kier molecular flexibility index (Phi) is 6.96. The second kappa shape index (κ2) is 8.73. The molecule has 1 fully saturated rings. The van der Waals surface area contributed by atoms with Gasteiger partial charge in [-0.25, -0.2) is 0 Å². The summed E-state index contributed by atoms with van der Waals surface area (Å²) in [6.07, 6.45) is 2.62. The largest absolute Gasteiger partial charge is 0.383 e. The second-order valence-corrected chi connectivity index (χ2v) is 6.28. The van der Waals surface area contributed by atoms with Crippen molar-refractivity contribution in [3.05, 3.63) is 28.2 Å². The van der Waals surface area contributed by atoms with Gasteiger partial charge in [-0.2, -0.15) is 0 Å². The smallest absolute Gasteiger partial charge is 0.0605 e. The number of anilines is 1. The van der Waals surface area contributed by atoms with Gasteiger partial charge in [0.25, 0.3) is 0 Å². The second-order valence-electron chi connectivity index (χ2n) is 5.36. The summed E-state index contributed by atoms with van der Waals surface area (Å²) in [4.78, 5) is 2.47. The van der Waals surface area contributed by atoms with Crippen molar-refractivity contribution in [1.29, 1.82) is 0 Å². The molecular weight excluding hydrogens is 332 g/mol. The Hall–Kier alpha value is -0.620. The van der Waals surface area contributed by atoms with Gasteiger partial charge in [0, 0.05) is 50.6 Å². The highest BCUT2D eigenvalue weighted by Crippen LogP contribution is 2.27. The minimum absolute atomic E-state index is 0.417. The van der Waals surface area contributed by atoms with Gasteiger partial charge >= 0.3 is 0 Å². The van der Waals surface area contributed by atoms with Gasteiger partial charge < -0.3 is 19.7 Å². The number of nitrogens with zero attached hydrogens (tertiary/aromatic N) is 1. The molecule has 0 atom stereocenters. The zero-order chi connectivity index (χ0) is 15.1. The van der Waals surface area contributed by atoms with E-state index >= 15 is 0 Å². The summed E-state index contributed by atoms with van der Waals surface area (Å²) in [7, 11) is 3.54. The van der Waals surface area contributed by atoms with Gasteiger partial charge in [-0.3, -0.25) is 0 Å². The van der Waals surface area contributed by atoms with E-state index in [2.05, 4.69) is 44.3 Å². The molecule has 2 rings (SSSR count). The number of rotatable bonds is 7. The first kappa shape index (κ1) is 16.7. The molecule has 5 heteroatoms. The van der Waals surface area contributed by atoms with Crippen LogP contribution in [0.3, 0.4) is 0 Å². The maximum atomic E-state index is 5.46. The molecule has 0 amide bonds. The topological polar surface area (TPSA) is 33.7 Å². The lowest BCUT2D eigenvalue weighted by Crippen LogP contribution is -2.37. The molecule has 0 saturated carbocycles. The Morgan fingerprint density at radius 1 is 1.29 bits per heavy atom. The van der Waals surface area contributed by atoms with Gasteiger partial charge in [-0.1, -0.05) is 15.9 Å². The number of piperidine rings is 1. The van der Waals surface area contributed by atoms with E-state index in [1.807, 2.05) is 7.11 Å². The third-order valence-corrected chi connectivity index (χ3v) is 4.45. The highest BCUT2D eigenvalue weighted by molar-refractivity contribution is 9.10. The first-order chi connectivity index (χ1) is 10.2. The third kappa shape index (κ3) is 4.95. The number of hydrogen-bond acceptors (Lipinski definition) is 4. The predicted molar refractivity (Wildman–Crippen MR) is 90.0 cm³/mol. The molecule has 1 aliphatic rings. The third-order valence-electron chi connectivity index (χ3n) is 3.96. The predicted octanol–water partition coefficient (Wildman–Crippen LogP) is 2.80. The molecule has 0 spiro atoms. The van der Waals surface area contributed by atoms with Crippen LogP contribution in [0.1, 0.15) is 18.4 Å². The summed E-state index contributed by atoms with van der Waals surface area (Å²) in [5.74, 6) is 0. The fourth-order valence-electron chi connectivity index (χ4n) is 2.73. The van der Waals surface area contributed by atoms with Crippen molar-refractivity contribution in [3.8, 4) is 0 Å². The average molecular weight is 357 g/mol. The number of nitrogens with one attached hydrogen (secondary N) is 1. The van der Waals surface area contributed by atoms with E-state index in [1.54, 1.807) is 7.11 Å². The van der Waals surface area contributed by atoms with Crippen molar-refractivity contribution in [1.82, 2.24) is 5.32 Å². The Morgan fingerprint density at radius 3 is 2.71 bits per heavy atom. The Bertz CT molecular complexity index is 434. The van der Waals surface area contributed by atoms with E-state index < -0.39 is 0 Å². The van der Waals surface area contributed by atoms with Crippen LogP contribution in [0.15, 0.2) is 22.7 Å². The molecule has 1 N–H and O–H groups in total. The average Bonchev–Trinajstić information content (AvgIpc) is 2.52. The quantitative estimate of drug-likeness (QED) is 0.761. The maximum Gasteiger partial charge on any atom is 0.0605 e. The number of ether oxygens (including phenoxy) is 2. The SMILES string of the molecule is COCCNCc1cc(Br)ccc1N1CCC(OC)CC1. The number of hydrogen-bond donors (Lipinski definition) is 1. The van der Waals surface area contributed by atoms with E-state index in [1.165, 1.54) is 11.3 Å². The molecule has 1 aliphatic heterocycles. The number of halogens is 1. The molecule has 1 aromatic rings. The summed E-state index contributed by atoms with van der Waals surface area (Å²) in [5, 5.41) is 3.43. The van der Waals surface area contributed by atoms with Crippen LogP contribution in [-0.2, 0) is 16.0 Å². The van der Waals surface area contributed by atoms with Crippen LogP contribution >= 0.6 is 15.9 Å². The van der Waals surface area contributed by atoms with Crippen molar-refractivity contribution >= 4 is 21.6 Å². The van der Waals surface area contributed by atoms with Crippen LogP contribution in [0.2, 0.25) is 0 Å². The summed E-state index contributed by atoms with van der Waals surface area (Å²) in [6, 6.07) is 6.54. The normalized spacial score (nSPS) is 16.4. The van der Waals surface area contributed by atoms with E-state index in [4.69, 9.17) is 9.47 Å². The fraction of sp³-hybridized carbons (Fsp3) is 0.625. The van der Waals surface area contributed by atoms with Crippen molar-refractivity contribution in [2.75, 3.05) is 45.4 Å². The van der Waals surface area contributed by atoms with Gasteiger partial charge in [0.15, 0.2) is 0 Å². The molecule has 118 valence electrons. The first-order valence-corrected chi connectivity index (χ1v) is 8.29. The van der Waals surface area contributed by atoms with E-state index in [0.717, 1.165) is 50.1 Å². The van der Waals surface area contributed by atoms with E-state index in [-0.39, 0.29) is 0 Å². The molecule has 0 radical (unpaired) electrons. The molecular formula is C16H25BrN2O2. The zero-order valence-corrected chi connectivity index (χ0v) is 14.5. The van der Waals surface area contributed by atoms with Crippen molar-refractivity contribution < 1.29 is 9.47 Å². The molecule has 4 nitrogen and oxygen atoms in total. The van der Waals surface area contributed by atoms with E-state index in [0.29, 0.717) is 6.10 Å². The Labute approximate surface area is 135 Å². The molecule has 0 aromatic heterocycles. The number of benzene rings is 1. The highest BCUT2D eigenvalue weighted by Gasteiger charge is 2.20. The molecule has 1 saturated heterocycles. The van der Waals surface area contributed by atoms with Gasteiger partial charge in [0.1, 0.15) is 0 Å². The van der Waals surface area contributed by atoms with Crippen molar-refractivity contribution in [3.63, 3.8) is 0 Å². The molecule has 1 aromatic carbocycles. The van der Waals surface area contributed by atoms with E-state index in [9.17, 15) is 0 Å². The van der Waals surface area contributed by atoms with Crippen LogP contribution in [-0.4, -0.2) is 46.6 Å². The number of methoxy groups -OCH3 is 2. The minimum atomic E-state index is 0.417. The van der Waals surface area contributed by atoms with Gasteiger partial charge in [-0.15, -0.1) is 0 Å². The Balaban J connectivity index is 2.01. The first-order valence-electron chi connectivity index (χ1n) is 7.50. The van der Waals surface area contributed by atoms with Gasteiger partial charge in [0.2, 0.25) is 0 Å². The summed E-state index contributed by atoms with van der Waals surface area (Å²) >= 11 is 3.57. The maximum absolute atomic E-state index is 5.46. The molecule has 0 aliphatic carbocycles. The lowest BCUT2D eigenvalue weighted by atomic mass is 10.0. The fourth-order valence-corrected chi connectivity index (χ4v) is 3.14. The van der Waals surface area contributed by atoms with Crippen molar-refractivity contribution in [2.45, 2.75) is 25.5 Å². The van der Waals surface area contributed by atoms with Crippen LogP contribution in [0.4, 0.5) is 5.69 Å². The van der Waals surface area contributed by atoms with Gasteiger partial charge in [0.05, 0.1) is 12.7 Å². The monoisotopic (exact) mass is 356 g/mol. The molecule has 21 heavy (non-hydrogen) atoms. The summed E-state index contributed by atoms with van der Waals surface area (Å²) < 4.78 is 11.7. The Morgan fingerprint density at radius 2 is 2.05 bits per heavy atom. The molecule has 0 unspecified atom stereocenters. The van der Waals surface area contributed by atoms with Gasteiger partial charge in [-0.05, 0) is 36.6 Å². The zero-order valence-electron chi connectivity index (χ0n) is 12.9. The van der Waals surface area contributed by atoms with Crippen LogP contribution < -0.4 is 10.2 Å². The highest BCUT2D eigenvalue weighted by atomic mass is 79.9. The molecule has 0 bridgehead atoms. The summed E-state index contributed by atoms with van der Waals surface area (Å²) in [6.45, 7) is 4.59.